The smallest absolute Gasteiger partial charge is 0.298 e. The highest BCUT2D eigenvalue weighted by Crippen LogP contribution is 2.41. The number of oxazole rings is 1. The van der Waals surface area contributed by atoms with Crippen molar-refractivity contribution in [1.29, 1.82) is 0 Å². The number of anilines is 1. The summed E-state index contributed by atoms with van der Waals surface area (Å²) in [5.74, 6) is -0.457. The minimum atomic E-state index is -0.457. The Labute approximate surface area is 115 Å². The van der Waals surface area contributed by atoms with Gasteiger partial charge in [0.25, 0.3) is 6.01 Å². The number of primary amides is 1. The van der Waals surface area contributed by atoms with Crippen LogP contribution < -0.4 is 10.6 Å². The Kier molecular flexibility index (Phi) is 2.32. The number of aromatic nitrogens is 1. The summed E-state index contributed by atoms with van der Waals surface area (Å²) in [7, 11) is 0. The van der Waals surface area contributed by atoms with Crippen molar-refractivity contribution in [3.8, 4) is 0 Å². The van der Waals surface area contributed by atoms with E-state index in [1.54, 1.807) is 18.2 Å². The molecule has 2 N–H and O–H groups in total. The lowest BCUT2D eigenvalue weighted by molar-refractivity contribution is 0.100. The summed E-state index contributed by atoms with van der Waals surface area (Å²) >= 11 is 0. The fraction of sp³-hybridized carbons (Fsp3) is 0.429. The SMILES string of the molecule is NC(=O)c1ccc2oc(N3CCC34CCOC4)nc2c1. The maximum atomic E-state index is 11.2. The summed E-state index contributed by atoms with van der Waals surface area (Å²) in [6, 6.07) is 5.68. The van der Waals surface area contributed by atoms with Gasteiger partial charge in [-0.15, -0.1) is 0 Å². The molecule has 0 aliphatic carbocycles. The maximum Gasteiger partial charge on any atom is 0.298 e. The van der Waals surface area contributed by atoms with Crippen molar-refractivity contribution >= 4 is 23.0 Å². The van der Waals surface area contributed by atoms with E-state index in [0.717, 1.165) is 32.6 Å². The number of carbonyl (C=O) groups is 1. The van der Waals surface area contributed by atoms with Crippen molar-refractivity contribution in [2.24, 2.45) is 5.73 Å². The fourth-order valence-corrected chi connectivity index (χ4v) is 3.03. The van der Waals surface area contributed by atoms with Crippen LogP contribution in [0.1, 0.15) is 23.2 Å². The molecule has 4 rings (SSSR count). The number of amides is 1. The molecule has 0 bridgehead atoms. The van der Waals surface area contributed by atoms with Crippen LogP contribution in [0.5, 0.6) is 0 Å². The quantitative estimate of drug-likeness (QED) is 0.891. The molecule has 2 saturated heterocycles. The van der Waals surface area contributed by atoms with Gasteiger partial charge in [0.1, 0.15) is 5.52 Å². The average molecular weight is 273 g/mol. The van der Waals surface area contributed by atoms with Crippen molar-refractivity contribution in [2.75, 3.05) is 24.7 Å². The Morgan fingerprint density at radius 2 is 2.30 bits per heavy atom. The van der Waals surface area contributed by atoms with Gasteiger partial charge in [-0.05, 0) is 31.0 Å². The van der Waals surface area contributed by atoms with Crippen molar-refractivity contribution in [2.45, 2.75) is 18.4 Å². The third-order valence-corrected chi connectivity index (χ3v) is 4.35. The summed E-state index contributed by atoms with van der Waals surface area (Å²) in [5, 5.41) is 0. The second kappa shape index (κ2) is 3.96. The van der Waals surface area contributed by atoms with Crippen molar-refractivity contribution in [3.05, 3.63) is 23.8 Å². The Morgan fingerprint density at radius 3 is 2.95 bits per heavy atom. The van der Waals surface area contributed by atoms with Gasteiger partial charge in [0.15, 0.2) is 5.58 Å². The molecule has 1 amide bonds. The monoisotopic (exact) mass is 273 g/mol. The molecule has 2 aromatic rings. The molecule has 1 spiro atoms. The molecule has 2 aliphatic heterocycles. The van der Waals surface area contributed by atoms with Gasteiger partial charge in [0, 0.05) is 18.7 Å². The lowest BCUT2D eigenvalue weighted by atomic mass is 9.84. The second-order valence-corrected chi connectivity index (χ2v) is 5.47. The molecule has 6 nitrogen and oxygen atoms in total. The summed E-state index contributed by atoms with van der Waals surface area (Å²) in [6.07, 6.45) is 2.12. The molecule has 104 valence electrons. The minimum absolute atomic E-state index is 0.0629. The van der Waals surface area contributed by atoms with Crippen LogP contribution in [0.3, 0.4) is 0 Å². The van der Waals surface area contributed by atoms with E-state index in [2.05, 4.69) is 9.88 Å². The second-order valence-electron chi connectivity index (χ2n) is 5.47. The molecule has 6 heteroatoms. The highest BCUT2D eigenvalue weighted by atomic mass is 16.5. The zero-order valence-corrected chi connectivity index (χ0v) is 11.0. The van der Waals surface area contributed by atoms with Gasteiger partial charge in [-0.1, -0.05) is 0 Å². The van der Waals surface area contributed by atoms with E-state index in [1.807, 2.05) is 0 Å². The van der Waals surface area contributed by atoms with Gasteiger partial charge in [-0.3, -0.25) is 4.79 Å². The average Bonchev–Trinajstić information content (AvgIpc) is 3.04. The van der Waals surface area contributed by atoms with E-state index in [9.17, 15) is 4.79 Å². The Morgan fingerprint density at radius 1 is 1.40 bits per heavy atom. The standard InChI is InChI=1S/C14H15N3O3/c15-12(18)9-1-2-11-10(7-9)16-13(20-11)17-5-3-14(17)4-6-19-8-14/h1-2,7H,3-6,8H2,(H2,15,18). The number of nitrogens with zero attached hydrogens (tertiary/aromatic N) is 2. The van der Waals surface area contributed by atoms with Crippen LogP contribution in [-0.2, 0) is 4.74 Å². The molecule has 3 heterocycles. The molecular formula is C14H15N3O3. The van der Waals surface area contributed by atoms with E-state index < -0.39 is 5.91 Å². The van der Waals surface area contributed by atoms with Crippen LogP contribution in [-0.4, -0.2) is 36.2 Å². The molecule has 1 unspecified atom stereocenters. The predicted octanol–water partition coefficient (Wildman–Crippen LogP) is 1.30. The number of rotatable bonds is 2. The van der Waals surface area contributed by atoms with Gasteiger partial charge in [0.05, 0.1) is 12.1 Å². The Bertz CT molecular complexity index is 688. The van der Waals surface area contributed by atoms with Crippen LogP contribution in [0, 0.1) is 0 Å². The molecular weight excluding hydrogens is 258 g/mol. The number of hydrogen-bond donors (Lipinski definition) is 1. The molecule has 2 fully saturated rings. The van der Waals surface area contributed by atoms with Crippen molar-refractivity contribution in [1.82, 2.24) is 4.98 Å². The fourth-order valence-electron chi connectivity index (χ4n) is 3.03. The van der Waals surface area contributed by atoms with Crippen molar-refractivity contribution < 1.29 is 13.9 Å². The maximum absolute atomic E-state index is 11.2. The van der Waals surface area contributed by atoms with Crippen LogP contribution >= 0.6 is 0 Å². The highest BCUT2D eigenvalue weighted by molar-refractivity contribution is 5.96. The first kappa shape index (κ1) is 11.7. The summed E-state index contributed by atoms with van der Waals surface area (Å²) in [4.78, 5) is 17.9. The topological polar surface area (TPSA) is 81.6 Å². The summed E-state index contributed by atoms with van der Waals surface area (Å²) in [6.45, 7) is 2.46. The number of hydrogen-bond acceptors (Lipinski definition) is 5. The molecule has 1 aromatic heterocycles. The Balaban J connectivity index is 1.72. The van der Waals surface area contributed by atoms with Crippen LogP contribution in [0.15, 0.2) is 22.6 Å². The van der Waals surface area contributed by atoms with E-state index in [4.69, 9.17) is 14.9 Å². The molecule has 1 aromatic carbocycles. The third-order valence-electron chi connectivity index (χ3n) is 4.35. The largest absolute Gasteiger partial charge is 0.423 e. The molecule has 1 atom stereocenters. The first-order valence-electron chi connectivity index (χ1n) is 6.74. The normalized spacial score (nSPS) is 25.3. The number of nitrogens with two attached hydrogens (primary N) is 1. The van der Waals surface area contributed by atoms with Gasteiger partial charge >= 0.3 is 0 Å². The first-order chi connectivity index (χ1) is 9.68. The number of ether oxygens (including phenoxy) is 1. The van der Waals surface area contributed by atoms with Crippen LogP contribution in [0.2, 0.25) is 0 Å². The molecule has 2 aliphatic rings. The van der Waals surface area contributed by atoms with Crippen molar-refractivity contribution in [3.63, 3.8) is 0 Å². The van der Waals surface area contributed by atoms with Crippen LogP contribution in [0.4, 0.5) is 6.01 Å². The lowest BCUT2D eigenvalue weighted by Gasteiger charge is -2.48. The predicted molar refractivity (Wildman–Crippen MR) is 72.7 cm³/mol. The Hall–Kier alpha value is -2.08. The van der Waals surface area contributed by atoms with Gasteiger partial charge in [0.2, 0.25) is 5.91 Å². The van der Waals surface area contributed by atoms with E-state index in [1.165, 1.54) is 0 Å². The zero-order valence-electron chi connectivity index (χ0n) is 11.0. The summed E-state index contributed by atoms with van der Waals surface area (Å²) < 4.78 is 11.3. The lowest BCUT2D eigenvalue weighted by Crippen LogP contribution is -2.61. The number of benzene rings is 1. The molecule has 0 radical (unpaired) electrons. The zero-order chi connectivity index (χ0) is 13.7. The van der Waals surface area contributed by atoms with E-state index >= 15 is 0 Å². The first-order valence-corrected chi connectivity index (χ1v) is 6.74. The summed E-state index contributed by atoms with van der Waals surface area (Å²) in [5.41, 5.74) is 7.12. The molecule has 0 saturated carbocycles. The third kappa shape index (κ3) is 1.54. The minimum Gasteiger partial charge on any atom is -0.423 e. The number of carbonyl (C=O) groups excluding carboxylic acids is 1. The van der Waals surface area contributed by atoms with E-state index in [-0.39, 0.29) is 5.54 Å². The van der Waals surface area contributed by atoms with E-state index in [0.29, 0.717) is 22.7 Å². The highest BCUT2D eigenvalue weighted by Gasteiger charge is 2.49. The van der Waals surface area contributed by atoms with Gasteiger partial charge in [-0.25, -0.2) is 0 Å². The van der Waals surface area contributed by atoms with Gasteiger partial charge in [-0.2, -0.15) is 4.98 Å². The van der Waals surface area contributed by atoms with Crippen LogP contribution in [0.25, 0.3) is 11.1 Å². The number of fused-ring (bicyclic) bond motifs is 1. The molecule has 20 heavy (non-hydrogen) atoms. The van der Waals surface area contributed by atoms with Gasteiger partial charge < -0.3 is 19.8 Å².